The van der Waals surface area contributed by atoms with E-state index in [1.165, 1.54) is 12.5 Å². The number of nitrogens with one attached hydrogen (secondary N) is 3. The minimum Gasteiger partial charge on any atom is -0.349 e. The number of aromatic nitrogens is 2. The lowest BCUT2D eigenvalue weighted by molar-refractivity contribution is -0.114. The fraction of sp³-hybridized carbons (Fsp3) is 0.286. The maximum Gasteiger partial charge on any atom is 0.221 e. The minimum absolute atomic E-state index is 0.0516. The standard InChI is InChI=1S/C14H18N4O/c1-11(19)18-13-4-2-12(3-5-13)10-15-7-6-14-16-8-9-17-14/h2-5,8-9,15H,6-7,10H2,1H3,(H,16,17)(H,18,19). The molecule has 5 heteroatoms. The van der Waals surface area contributed by atoms with E-state index < -0.39 is 0 Å². The van der Waals surface area contributed by atoms with Gasteiger partial charge in [0.1, 0.15) is 5.82 Å². The summed E-state index contributed by atoms with van der Waals surface area (Å²) in [5.74, 6) is 0.942. The quantitative estimate of drug-likeness (QED) is 0.691. The lowest BCUT2D eigenvalue weighted by Gasteiger charge is -2.06. The van der Waals surface area contributed by atoms with Gasteiger partial charge in [-0.25, -0.2) is 4.98 Å². The van der Waals surface area contributed by atoms with Crippen molar-refractivity contribution in [1.82, 2.24) is 15.3 Å². The summed E-state index contributed by atoms with van der Waals surface area (Å²) in [6, 6.07) is 7.83. The van der Waals surface area contributed by atoms with Crippen LogP contribution in [0.3, 0.4) is 0 Å². The highest BCUT2D eigenvalue weighted by Gasteiger charge is 1.97. The van der Waals surface area contributed by atoms with E-state index in [1.807, 2.05) is 30.5 Å². The molecule has 1 aromatic carbocycles. The van der Waals surface area contributed by atoms with E-state index in [2.05, 4.69) is 20.6 Å². The van der Waals surface area contributed by atoms with Gasteiger partial charge in [-0.2, -0.15) is 0 Å². The highest BCUT2D eigenvalue weighted by atomic mass is 16.1. The molecule has 0 spiro atoms. The third-order valence-electron chi connectivity index (χ3n) is 2.70. The maximum absolute atomic E-state index is 10.9. The first-order valence-corrected chi connectivity index (χ1v) is 6.29. The van der Waals surface area contributed by atoms with Crippen molar-refractivity contribution in [3.05, 3.63) is 48.0 Å². The first kappa shape index (κ1) is 13.3. The number of hydrogen-bond acceptors (Lipinski definition) is 3. The Morgan fingerprint density at radius 3 is 2.74 bits per heavy atom. The van der Waals surface area contributed by atoms with Crippen LogP contribution in [0.2, 0.25) is 0 Å². The lowest BCUT2D eigenvalue weighted by atomic mass is 10.2. The van der Waals surface area contributed by atoms with Crippen LogP contribution in [0.25, 0.3) is 0 Å². The second kappa shape index (κ2) is 6.70. The van der Waals surface area contributed by atoms with Crippen molar-refractivity contribution in [3.8, 4) is 0 Å². The largest absolute Gasteiger partial charge is 0.349 e. The topological polar surface area (TPSA) is 69.8 Å². The molecular weight excluding hydrogens is 240 g/mol. The van der Waals surface area contributed by atoms with Crippen LogP contribution in [-0.4, -0.2) is 22.4 Å². The van der Waals surface area contributed by atoms with E-state index in [9.17, 15) is 4.79 Å². The van der Waals surface area contributed by atoms with E-state index in [0.29, 0.717) is 0 Å². The summed E-state index contributed by atoms with van der Waals surface area (Å²) in [5, 5.41) is 6.10. The molecule has 0 radical (unpaired) electrons. The Balaban J connectivity index is 1.72. The van der Waals surface area contributed by atoms with Crippen molar-refractivity contribution in [2.75, 3.05) is 11.9 Å². The van der Waals surface area contributed by atoms with Crippen LogP contribution in [0.1, 0.15) is 18.3 Å². The summed E-state index contributed by atoms with van der Waals surface area (Å²) in [4.78, 5) is 18.1. The van der Waals surface area contributed by atoms with E-state index >= 15 is 0 Å². The average molecular weight is 258 g/mol. The predicted molar refractivity (Wildman–Crippen MR) is 74.7 cm³/mol. The zero-order valence-corrected chi connectivity index (χ0v) is 10.9. The van der Waals surface area contributed by atoms with Crippen molar-refractivity contribution >= 4 is 11.6 Å². The molecule has 0 saturated heterocycles. The lowest BCUT2D eigenvalue weighted by Crippen LogP contribution is -2.17. The van der Waals surface area contributed by atoms with Crippen molar-refractivity contribution in [1.29, 1.82) is 0 Å². The number of amides is 1. The fourth-order valence-electron chi connectivity index (χ4n) is 1.78. The Hall–Kier alpha value is -2.14. The van der Waals surface area contributed by atoms with Crippen molar-refractivity contribution in [2.24, 2.45) is 0 Å². The Morgan fingerprint density at radius 1 is 1.32 bits per heavy atom. The maximum atomic E-state index is 10.9. The molecule has 2 aromatic rings. The van der Waals surface area contributed by atoms with Crippen LogP contribution < -0.4 is 10.6 Å². The second-order valence-electron chi connectivity index (χ2n) is 4.34. The molecule has 5 nitrogen and oxygen atoms in total. The number of benzene rings is 1. The molecule has 19 heavy (non-hydrogen) atoms. The number of aromatic amines is 1. The van der Waals surface area contributed by atoms with E-state index in [0.717, 1.165) is 31.0 Å². The summed E-state index contributed by atoms with van der Waals surface area (Å²) in [6.07, 6.45) is 4.48. The molecule has 1 heterocycles. The van der Waals surface area contributed by atoms with Crippen LogP contribution in [0.5, 0.6) is 0 Å². The molecule has 0 aliphatic carbocycles. The molecule has 0 aliphatic heterocycles. The number of carbonyl (C=O) groups is 1. The molecule has 1 aromatic heterocycles. The fourth-order valence-corrected chi connectivity index (χ4v) is 1.78. The Bertz CT molecular complexity index is 505. The number of imidazole rings is 1. The summed E-state index contributed by atoms with van der Waals surface area (Å²) in [7, 11) is 0. The van der Waals surface area contributed by atoms with Crippen molar-refractivity contribution in [3.63, 3.8) is 0 Å². The summed E-state index contributed by atoms with van der Waals surface area (Å²) >= 11 is 0. The number of H-pyrrole nitrogens is 1. The van der Waals surface area contributed by atoms with E-state index in [1.54, 1.807) is 6.20 Å². The number of rotatable bonds is 6. The molecular formula is C14H18N4O. The highest BCUT2D eigenvalue weighted by Crippen LogP contribution is 2.09. The average Bonchev–Trinajstić information content (AvgIpc) is 2.89. The molecule has 100 valence electrons. The van der Waals surface area contributed by atoms with Gasteiger partial charge in [0.05, 0.1) is 0 Å². The van der Waals surface area contributed by atoms with Crippen LogP contribution in [0, 0.1) is 0 Å². The number of hydrogen-bond donors (Lipinski definition) is 3. The molecule has 1 amide bonds. The molecule has 0 aliphatic rings. The molecule has 0 saturated carbocycles. The van der Waals surface area contributed by atoms with E-state index in [-0.39, 0.29) is 5.91 Å². The first-order valence-electron chi connectivity index (χ1n) is 6.29. The SMILES string of the molecule is CC(=O)Nc1ccc(CNCCc2ncc[nH]2)cc1. The van der Waals surface area contributed by atoms with Gasteiger partial charge in [0.15, 0.2) is 0 Å². The molecule has 0 unspecified atom stereocenters. The molecule has 0 bridgehead atoms. The van der Waals surface area contributed by atoms with Crippen LogP contribution >= 0.6 is 0 Å². The van der Waals surface area contributed by atoms with Gasteiger partial charge < -0.3 is 15.6 Å². The zero-order valence-electron chi connectivity index (χ0n) is 10.9. The zero-order chi connectivity index (χ0) is 13.5. The molecule has 0 fully saturated rings. The Labute approximate surface area is 112 Å². The first-order chi connectivity index (χ1) is 9.24. The number of nitrogens with zero attached hydrogens (tertiary/aromatic N) is 1. The third kappa shape index (κ3) is 4.56. The second-order valence-corrected chi connectivity index (χ2v) is 4.34. The minimum atomic E-state index is -0.0516. The normalized spacial score (nSPS) is 10.4. The van der Waals surface area contributed by atoms with Gasteiger partial charge in [-0.05, 0) is 17.7 Å². The Kier molecular flexibility index (Phi) is 4.69. The number of anilines is 1. The van der Waals surface area contributed by atoms with Gasteiger partial charge in [0, 0.05) is 44.5 Å². The Morgan fingerprint density at radius 2 is 2.11 bits per heavy atom. The third-order valence-corrected chi connectivity index (χ3v) is 2.70. The van der Waals surface area contributed by atoms with Gasteiger partial charge in [0.25, 0.3) is 0 Å². The number of carbonyl (C=O) groups excluding carboxylic acids is 1. The van der Waals surface area contributed by atoms with Crippen molar-refractivity contribution < 1.29 is 4.79 Å². The van der Waals surface area contributed by atoms with Gasteiger partial charge in [-0.15, -0.1) is 0 Å². The monoisotopic (exact) mass is 258 g/mol. The van der Waals surface area contributed by atoms with Crippen LogP contribution in [0.15, 0.2) is 36.7 Å². The van der Waals surface area contributed by atoms with Gasteiger partial charge in [-0.1, -0.05) is 12.1 Å². The van der Waals surface area contributed by atoms with Crippen LogP contribution in [0.4, 0.5) is 5.69 Å². The predicted octanol–water partition coefficient (Wildman–Crippen LogP) is 1.70. The van der Waals surface area contributed by atoms with Crippen LogP contribution in [-0.2, 0) is 17.8 Å². The molecule has 2 rings (SSSR count). The smallest absolute Gasteiger partial charge is 0.221 e. The highest BCUT2D eigenvalue weighted by molar-refractivity contribution is 5.88. The molecule has 0 atom stereocenters. The van der Waals surface area contributed by atoms with Gasteiger partial charge in [-0.3, -0.25) is 4.79 Å². The van der Waals surface area contributed by atoms with E-state index in [4.69, 9.17) is 0 Å². The van der Waals surface area contributed by atoms with Crippen molar-refractivity contribution in [2.45, 2.75) is 19.9 Å². The summed E-state index contributed by atoms with van der Waals surface area (Å²) in [6.45, 7) is 3.19. The summed E-state index contributed by atoms with van der Waals surface area (Å²) < 4.78 is 0. The molecule has 3 N–H and O–H groups in total. The van der Waals surface area contributed by atoms with Gasteiger partial charge in [0.2, 0.25) is 5.91 Å². The van der Waals surface area contributed by atoms with Gasteiger partial charge >= 0.3 is 0 Å². The summed E-state index contributed by atoms with van der Waals surface area (Å²) in [5.41, 5.74) is 2.01.